The molecule has 20 heavy (non-hydrogen) atoms. The number of rotatable bonds is 4. The zero-order chi connectivity index (χ0) is 13.6. The standard InChI is InChI=1S/C16H13N3O/c1-5-13-6-2-10-17-16(13)15(9-1)19-18-11-3-7-14-8-4-12-20-14/h1-12,19H/b7-3+,18-11-. The number of pyridine rings is 1. The molecular weight excluding hydrogens is 250 g/mol. The Bertz CT molecular complexity index is 740. The number of anilines is 1. The van der Waals surface area contributed by atoms with E-state index < -0.39 is 0 Å². The van der Waals surface area contributed by atoms with Crippen LogP contribution in [0.2, 0.25) is 0 Å². The molecule has 0 bridgehead atoms. The summed E-state index contributed by atoms with van der Waals surface area (Å²) in [7, 11) is 0. The van der Waals surface area contributed by atoms with Crippen LogP contribution in [0.5, 0.6) is 0 Å². The van der Waals surface area contributed by atoms with Crippen molar-refractivity contribution < 1.29 is 4.42 Å². The van der Waals surface area contributed by atoms with Crippen molar-refractivity contribution in [3.63, 3.8) is 0 Å². The summed E-state index contributed by atoms with van der Waals surface area (Å²) < 4.78 is 5.18. The van der Waals surface area contributed by atoms with Crippen LogP contribution in [-0.2, 0) is 0 Å². The number of fused-ring (bicyclic) bond motifs is 1. The van der Waals surface area contributed by atoms with E-state index in [2.05, 4.69) is 15.5 Å². The lowest BCUT2D eigenvalue weighted by molar-refractivity contribution is 0.557. The zero-order valence-electron chi connectivity index (χ0n) is 10.7. The van der Waals surface area contributed by atoms with Gasteiger partial charge >= 0.3 is 0 Å². The maximum atomic E-state index is 5.18. The minimum atomic E-state index is 0.795. The van der Waals surface area contributed by atoms with Gasteiger partial charge in [0.2, 0.25) is 0 Å². The van der Waals surface area contributed by atoms with Crippen LogP contribution in [0.4, 0.5) is 5.69 Å². The molecule has 2 heterocycles. The molecule has 0 unspecified atom stereocenters. The van der Waals surface area contributed by atoms with Crippen molar-refractivity contribution in [2.24, 2.45) is 5.10 Å². The van der Waals surface area contributed by atoms with Gasteiger partial charge in [-0.25, -0.2) is 0 Å². The highest BCUT2D eigenvalue weighted by Crippen LogP contribution is 2.20. The minimum absolute atomic E-state index is 0.795. The molecular formula is C16H13N3O. The first-order valence-electron chi connectivity index (χ1n) is 6.26. The molecule has 0 aliphatic heterocycles. The molecule has 98 valence electrons. The van der Waals surface area contributed by atoms with E-state index in [0.29, 0.717) is 0 Å². The van der Waals surface area contributed by atoms with Crippen LogP contribution in [0.1, 0.15) is 5.76 Å². The minimum Gasteiger partial charge on any atom is -0.465 e. The molecule has 1 N–H and O–H groups in total. The Kier molecular flexibility index (Phi) is 3.55. The first kappa shape index (κ1) is 12.2. The molecule has 0 saturated heterocycles. The predicted octanol–water partition coefficient (Wildman–Crippen LogP) is 3.94. The summed E-state index contributed by atoms with van der Waals surface area (Å²) in [4.78, 5) is 4.35. The Hall–Kier alpha value is -2.88. The second kappa shape index (κ2) is 5.84. The smallest absolute Gasteiger partial charge is 0.126 e. The fourth-order valence-electron chi connectivity index (χ4n) is 1.87. The van der Waals surface area contributed by atoms with Crippen LogP contribution in [0.15, 0.2) is 70.5 Å². The highest BCUT2D eigenvalue weighted by atomic mass is 16.3. The van der Waals surface area contributed by atoms with Gasteiger partial charge in [-0.3, -0.25) is 10.4 Å². The lowest BCUT2D eigenvalue weighted by Crippen LogP contribution is -1.91. The van der Waals surface area contributed by atoms with Gasteiger partial charge in [0.05, 0.1) is 17.5 Å². The van der Waals surface area contributed by atoms with Gasteiger partial charge in [0.1, 0.15) is 5.76 Å². The second-order valence-corrected chi connectivity index (χ2v) is 4.15. The summed E-state index contributed by atoms with van der Waals surface area (Å²) in [5.41, 5.74) is 4.78. The molecule has 3 aromatic rings. The van der Waals surface area contributed by atoms with Gasteiger partial charge in [-0.2, -0.15) is 5.10 Å². The number of hydrazone groups is 1. The molecule has 2 aromatic heterocycles. The van der Waals surface area contributed by atoms with E-state index in [1.165, 1.54) is 0 Å². The van der Waals surface area contributed by atoms with Gasteiger partial charge in [-0.15, -0.1) is 0 Å². The summed E-state index contributed by atoms with van der Waals surface area (Å²) in [5, 5.41) is 5.23. The van der Waals surface area contributed by atoms with Crippen molar-refractivity contribution in [1.82, 2.24) is 4.98 Å². The van der Waals surface area contributed by atoms with Crippen molar-refractivity contribution in [3.8, 4) is 0 Å². The SMILES string of the molecule is C(/C=C/c1ccco1)=N/Nc1cccc2cccnc12. The lowest BCUT2D eigenvalue weighted by Gasteiger charge is -2.03. The van der Waals surface area contributed by atoms with E-state index in [0.717, 1.165) is 22.4 Å². The van der Waals surface area contributed by atoms with Crippen LogP contribution in [0, 0.1) is 0 Å². The number of para-hydroxylation sites is 1. The van der Waals surface area contributed by atoms with Crippen LogP contribution >= 0.6 is 0 Å². The van der Waals surface area contributed by atoms with Crippen molar-refractivity contribution >= 4 is 28.9 Å². The zero-order valence-corrected chi connectivity index (χ0v) is 10.7. The summed E-state index contributed by atoms with van der Waals surface area (Å²) in [5.74, 6) is 0.795. The number of aromatic nitrogens is 1. The van der Waals surface area contributed by atoms with Crippen molar-refractivity contribution in [3.05, 3.63) is 66.8 Å². The van der Waals surface area contributed by atoms with Gasteiger partial charge in [0, 0.05) is 17.8 Å². The number of hydrogen-bond acceptors (Lipinski definition) is 4. The Morgan fingerprint density at radius 1 is 1.10 bits per heavy atom. The molecule has 1 aromatic carbocycles. The maximum Gasteiger partial charge on any atom is 0.126 e. The first-order valence-corrected chi connectivity index (χ1v) is 6.26. The fraction of sp³-hybridized carbons (Fsp3) is 0. The largest absolute Gasteiger partial charge is 0.465 e. The van der Waals surface area contributed by atoms with E-state index in [1.54, 1.807) is 18.7 Å². The molecule has 4 nitrogen and oxygen atoms in total. The van der Waals surface area contributed by atoms with Crippen LogP contribution in [0.3, 0.4) is 0 Å². The van der Waals surface area contributed by atoms with Gasteiger partial charge in [-0.1, -0.05) is 18.2 Å². The van der Waals surface area contributed by atoms with E-state index >= 15 is 0 Å². The molecule has 0 radical (unpaired) electrons. The average Bonchev–Trinajstić information content (AvgIpc) is 3.00. The topological polar surface area (TPSA) is 50.4 Å². The third-order valence-electron chi connectivity index (χ3n) is 2.78. The molecule has 0 spiro atoms. The molecule has 0 aliphatic carbocycles. The molecule has 0 fully saturated rings. The van der Waals surface area contributed by atoms with Gasteiger partial charge in [-0.05, 0) is 36.4 Å². The Balaban J connectivity index is 1.71. The van der Waals surface area contributed by atoms with Crippen molar-refractivity contribution in [2.75, 3.05) is 5.43 Å². The highest BCUT2D eigenvalue weighted by molar-refractivity contribution is 5.90. The summed E-state index contributed by atoms with van der Waals surface area (Å²) in [6.07, 6.45) is 8.73. The number of benzene rings is 1. The molecule has 4 heteroatoms. The average molecular weight is 263 g/mol. The monoisotopic (exact) mass is 263 g/mol. The molecule has 0 amide bonds. The first-order chi connectivity index (χ1) is 9.93. The van der Waals surface area contributed by atoms with Crippen LogP contribution < -0.4 is 5.43 Å². The molecule has 0 aliphatic rings. The summed E-state index contributed by atoms with van der Waals surface area (Å²) >= 11 is 0. The van der Waals surface area contributed by atoms with E-state index in [-0.39, 0.29) is 0 Å². The lowest BCUT2D eigenvalue weighted by atomic mass is 10.2. The highest BCUT2D eigenvalue weighted by Gasteiger charge is 1.98. The summed E-state index contributed by atoms with van der Waals surface area (Å²) in [6, 6.07) is 13.6. The normalized spacial score (nSPS) is 11.6. The van der Waals surface area contributed by atoms with E-state index in [1.807, 2.05) is 54.6 Å². The number of allylic oxidation sites excluding steroid dienone is 1. The van der Waals surface area contributed by atoms with Gasteiger partial charge < -0.3 is 4.42 Å². The number of furan rings is 1. The van der Waals surface area contributed by atoms with Crippen LogP contribution in [0.25, 0.3) is 17.0 Å². The molecule has 0 saturated carbocycles. The number of nitrogens with zero attached hydrogens (tertiary/aromatic N) is 2. The van der Waals surface area contributed by atoms with Crippen molar-refractivity contribution in [2.45, 2.75) is 0 Å². The summed E-state index contributed by atoms with van der Waals surface area (Å²) in [6.45, 7) is 0. The molecule has 3 rings (SSSR count). The maximum absolute atomic E-state index is 5.18. The third kappa shape index (κ3) is 2.75. The molecule has 0 atom stereocenters. The number of hydrogen-bond donors (Lipinski definition) is 1. The van der Waals surface area contributed by atoms with E-state index in [4.69, 9.17) is 4.42 Å². The Labute approximate surface area is 116 Å². The van der Waals surface area contributed by atoms with Gasteiger partial charge in [0.15, 0.2) is 0 Å². The fourth-order valence-corrected chi connectivity index (χ4v) is 1.87. The van der Waals surface area contributed by atoms with Crippen LogP contribution in [-0.4, -0.2) is 11.2 Å². The quantitative estimate of drug-likeness (QED) is 0.573. The number of nitrogens with one attached hydrogen (secondary N) is 1. The van der Waals surface area contributed by atoms with E-state index in [9.17, 15) is 0 Å². The van der Waals surface area contributed by atoms with Gasteiger partial charge in [0.25, 0.3) is 0 Å². The Morgan fingerprint density at radius 2 is 2.05 bits per heavy atom. The predicted molar refractivity (Wildman–Crippen MR) is 81.6 cm³/mol. The third-order valence-corrected chi connectivity index (χ3v) is 2.78. The Morgan fingerprint density at radius 3 is 2.95 bits per heavy atom. The van der Waals surface area contributed by atoms with Crippen molar-refractivity contribution in [1.29, 1.82) is 0 Å². The second-order valence-electron chi connectivity index (χ2n) is 4.15.